The lowest BCUT2D eigenvalue weighted by atomic mass is 9.48. The zero-order valence-corrected chi connectivity index (χ0v) is 29.9. The SMILES string of the molecule is O=C1CC[C@@]2(O)[C@H]3Cc4ccc(O)c5c4[C@@]2(CCN3CC2CCC2)[C@H]1O5.Oc1ccc2c3c1O[C@H]1[C@@H](O)CC[C@@]4(O)[C@@H](C2)N(CC2CCC2)CC[C@]314. The van der Waals surface area contributed by atoms with Crippen LogP contribution >= 0.6 is 0 Å². The lowest BCUT2D eigenvalue weighted by molar-refractivity contribution is -0.209. The van der Waals surface area contributed by atoms with Crippen LogP contribution in [0.1, 0.15) is 99.3 Å². The van der Waals surface area contributed by atoms with Gasteiger partial charge in [0, 0.05) is 42.7 Å². The number of ketones is 1. The van der Waals surface area contributed by atoms with Crippen LogP contribution in [-0.4, -0.2) is 109 Å². The van der Waals surface area contributed by atoms with Gasteiger partial charge in [-0.1, -0.05) is 25.0 Å². The third-order valence-electron chi connectivity index (χ3n) is 16.3. The number of hydrogen-bond donors (Lipinski definition) is 5. The topological polar surface area (TPSA) is 143 Å². The van der Waals surface area contributed by atoms with E-state index in [2.05, 4.69) is 9.80 Å². The Balaban J connectivity index is 0.000000123. The number of nitrogens with zero attached hydrogens (tertiary/aromatic N) is 2. The largest absolute Gasteiger partial charge is 0.504 e. The maximum absolute atomic E-state index is 12.8. The van der Waals surface area contributed by atoms with Gasteiger partial charge in [0.2, 0.25) is 0 Å². The van der Waals surface area contributed by atoms with Gasteiger partial charge in [0.1, 0.15) is 6.10 Å². The summed E-state index contributed by atoms with van der Waals surface area (Å²) in [5.41, 5.74) is 1.16. The highest BCUT2D eigenvalue weighted by Crippen LogP contribution is 2.67. The number of hydrogen-bond acceptors (Lipinski definition) is 10. The predicted molar refractivity (Wildman–Crippen MR) is 190 cm³/mol. The zero-order valence-electron chi connectivity index (χ0n) is 29.9. The van der Waals surface area contributed by atoms with E-state index in [4.69, 9.17) is 9.47 Å². The van der Waals surface area contributed by atoms with Crippen molar-refractivity contribution in [2.75, 3.05) is 26.2 Å². The molecule has 4 aliphatic heterocycles. The minimum absolute atomic E-state index is 0.0408. The number of Topliss-reactive ketones (excluding diaryl/α,β-unsaturated/α-hetero) is 1. The second kappa shape index (κ2) is 10.9. The fourth-order valence-electron chi connectivity index (χ4n) is 13.5. The minimum Gasteiger partial charge on any atom is -0.504 e. The van der Waals surface area contributed by atoms with E-state index in [1.54, 1.807) is 12.1 Å². The van der Waals surface area contributed by atoms with Crippen molar-refractivity contribution >= 4 is 5.78 Å². The van der Waals surface area contributed by atoms with Crippen LogP contribution < -0.4 is 9.47 Å². The number of aliphatic hydroxyl groups is 3. The molecule has 6 fully saturated rings. The van der Waals surface area contributed by atoms with Crippen LogP contribution in [0.3, 0.4) is 0 Å². The highest BCUT2D eigenvalue weighted by atomic mass is 16.5. The lowest BCUT2D eigenvalue weighted by Crippen LogP contribution is -2.77. The maximum atomic E-state index is 12.8. The smallest absolute Gasteiger partial charge is 0.174 e. The molecule has 10 nitrogen and oxygen atoms in total. The summed E-state index contributed by atoms with van der Waals surface area (Å²) in [6.45, 7) is 3.97. The number of likely N-dealkylation sites (tertiary alicyclic amines) is 2. The van der Waals surface area contributed by atoms with Crippen LogP contribution in [0.2, 0.25) is 0 Å². The van der Waals surface area contributed by atoms with E-state index in [0.29, 0.717) is 37.2 Å². The van der Waals surface area contributed by atoms with Gasteiger partial charge >= 0.3 is 0 Å². The fraction of sp³-hybridized carbons (Fsp3) is 0.690. The molecule has 0 amide bonds. The molecule has 4 saturated carbocycles. The van der Waals surface area contributed by atoms with E-state index in [-0.39, 0.29) is 29.4 Å². The van der Waals surface area contributed by atoms with Crippen LogP contribution in [0.15, 0.2) is 24.3 Å². The number of aromatic hydroxyl groups is 2. The summed E-state index contributed by atoms with van der Waals surface area (Å²) >= 11 is 0. The number of phenols is 2. The molecule has 0 radical (unpaired) electrons. The molecule has 0 aromatic heterocycles. The van der Waals surface area contributed by atoms with Crippen molar-refractivity contribution in [3.63, 3.8) is 0 Å². The average Bonchev–Trinajstić information content (AvgIpc) is 3.63. The summed E-state index contributed by atoms with van der Waals surface area (Å²) in [6, 6.07) is 7.49. The van der Waals surface area contributed by atoms with E-state index in [0.717, 1.165) is 80.4 Å². The quantitative estimate of drug-likeness (QED) is 0.319. The molecule has 4 heterocycles. The van der Waals surface area contributed by atoms with E-state index in [9.17, 15) is 30.3 Å². The molecule has 2 saturated heterocycles. The molecule has 2 aromatic rings. The number of ether oxygens (including phenoxy) is 2. The molecule has 10 heteroatoms. The maximum Gasteiger partial charge on any atom is 0.174 e. The van der Waals surface area contributed by atoms with Crippen molar-refractivity contribution < 1.29 is 39.8 Å². The van der Waals surface area contributed by atoms with Gasteiger partial charge in [0.15, 0.2) is 34.9 Å². The molecule has 2 aromatic carbocycles. The highest BCUT2D eigenvalue weighted by Gasteiger charge is 2.74. The van der Waals surface area contributed by atoms with Gasteiger partial charge in [-0.05, 0) is 119 Å². The van der Waals surface area contributed by atoms with E-state index in [1.165, 1.54) is 44.1 Å². The molecular formula is C42H52N2O8. The van der Waals surface area contributed by atoms with E-state index < -0.39 is 40.3 Å². The molecule has 9 atom stereocenters. The Morgan fingerprint density at radius 1 is 0.692 bits per heavy atom. The molecule has 278 valence electrons. The first-order chi connectivity index (χ1) is 25.1. The van der Waals surface area contributed by atoms with Gasteiger partial charge in [-0.25, -0.2) is 0 Å². The molecule has 10 aliphatic rings. The minimum atomic E-state index is -0.945. The van der Waals surface area contributed by atoms with Crippen LogP contribution in [0.4, 0.5) is 0 Å². The number of phenolic OH excluding ortho intramolecular Hbond substituents is 2. The summed E-state index contributed by atoms with van der Waals surface area (Å²) in [5, 5.41) is 55.6. The number of carbonyl (C=O) groups is 1. The Labute approximate surface area is 304 Å². The Hall–Kier alpha value is -2.89. The van der Waals surface area contributed by atoms with Crippen LogP contribution in [0.25, 0.3) is 0 Å². The van der Waals surface area contributed by atoms with Crippen LogP contribution in [-0.2, 0) is 28.5 Å². The second-order valence-corrected chi connectivity index (χ2v) is 18.3. The first-order valence-corrected chi connectivity index (χ1v) is 20.3. The van der Waals surface area contributed by atoms with Crippen LogP contribution in [0.5, 0.6) is 23.0 Å². The van der Waals surface area contributed by atoms with Crippen molar-refractivity contribution in [1.82, 2.24) is 9.80 Å². The number of aliphatic hydroxyl groups excluding tert-OH is 1. The number of piperidine rings is 2. The highest BCUT2D eigenvalue weighted by molar-refractivity contribution is 5.90. The molecule has 0 unspecified atom stereocenters. The van der Waals surface area contributed by atoms with Gasteiger partial charge in [0.05, 0.1) is 28.1 Å². The Kier molecular flexibility index (Phi) is 6.80. The first kappa shape index (κ1) is 32.5. The molecule has 4 bridgehead atoms. The standard InChI is InChI=1S/C21H27NO4.C21H25NO4/c2*23-14-5-4-13-10-16-21(25)7-6-15(24)19-20(21,17(13)18(14)26-19)8-9-22(16)11-12-2-1-3-12/h4-5,12,15-16,19,23-25H,1-3,6-11H2;4-5,12,16,19,23,25H,1-3,6-11H2/t15-,16+,19-,20-,21+;16-,19+,20+,21-/m01/s1. The molecule has 12 rings (SSSR count). The molecule has 5 N–H and O–H groups in total. The third kappa shape index (κ3) is 3.86. The van der Waals surface area contributed by atoms with Gasteiger partial charge in [0.25, 0.3) is 0 Å². The lowest BCUT2D eigenvalue weighted by Gasteiger charge is -2.64. The summed E-state index contributed by atoms with van der Waals surface area (Å²) in [5.74, 6) is 2.80. The summed E-state index contributed by atoms with van der Waals surface area (Å²) in [4.78, 5) is 17.8. The van der Waals surface area contributed by atoms with Crippen molar-refractivity contribution in [2.24, 2.45) is 11.8 Å². The second-order valence-electron chi connectivity index (χ2n) is 18.3. The monoisotopic (exact) mass is 712 g/mol. The first-order valence-electron chi connectivity index (χ1n) is 20.3. The average molecular weight is 713 g/mol. The van der Waals surface area contributed by atoms with Crippen molar-refractivity contribution in [1.29, 1.82) is 0 Å². The zero-order chi connectivity index (χ0) is 35.4. The molecule has 2 spiro atoms. The van der Waals surface area contributed by atoms with Gasteiger partial charge in [-0.15, -0.1) is 0 Å². The van der Waals surface area contributed by atoms with Crippen LogP contribution in [0, 0.1) is 11.8 Å². The van der Waals surface area contributed by atoms with Crippen molar-refractivity contribution in [3.8, 4) is 23.0 Å². The number of carbonyl (C=O) groups excluding carboxylic acids is 1. The number of benzene rings is 2. The predicted octanol–water partition coefficient (Wildman–Crippen LogP) is 3.62. The number of rotatable bonds is 4. The molecule has 6 aliphatic carbocycles. The van der Waals surface area contributed by atoms with Gasteiger partial charge < -0.3 is 35.0 Å². The Bertz CT molecular complexity index is 1860. The normalized spacial score (nSPS) is 42.1. The van der Waals surface area contributed by atoms with Gasteiger partial charge in [-0.2, -0.15) is 0 Å². The summed E-state index contributed by atoms with van der Waals surface area (Å²) < 4.78 is 12.2. The van der Waals surface area contributed by atoms with E-state index >= 15 is 0 Å². The third-order valence-corrected chi connectivity index (χ3v) is 16.3. The summed E-state index contributed by atoms with van der Waals surface area (Å²) in [7, 11) is 0. The summed E-state index contributed by atoms with van der Waals surface area (Å²) in [6.07, 6.45) is 11.3. The Morgan fingerprint density at radius 2 is 1.23 bits per heavy atom. The van der Waals surface area contributed by atoms with E-state index in [1.807, 2.05) is 12.1 Å². The molecule has 52 heavy (non-hydrogen) atoms. The Morgan fingerprint density at radius 3 is 1.81 bits per heavy atom. The van der Waals surface area contributed by atoms with Gasteiger partial charge in [-0.3, -0.25) is 14.6 Å². The van der Waals surface area contributed by atoms with Crippen molar-refractivity contribution in [3.05, 3.63) is 46.5 Å². The fourth-order valence-corrected chi connectivity index (χ4v) is 13.5. The van der Waals surface area contributed by atoms with Crippen molar-refractivity contribution in [2.45, 2.75) is 142 Å². The molecular weight excluding hydrogens is 660 g/mol.